The van der Waals surface area contributed by atoms with Crippen molar-refractivity contribution >= 4 is 23.8 Å². The average Bonchev–Trinajstić information content (AvgIpc) is 2.76. The van der Waals surface area contributed by atoms with Crippen molar-refractivity contribution in [1.29, 1.82) is 0 Å². The van der Waals surface area contributed by atoms with Crippen LogP contribution in [0.5, 0.6) is 0 Å². The molecule has 0 aromatic carbocycles. The Morgan fingerprint density at radius 2 is 1.66 bits per heavy atom. The van der Waals surface area contributed by atoms with Crippen LogP contribution in [0.2, 0.25) is 0 Å². The number of carbonyl (C=O) groups is 2. The molecule has 0 radical (unpaired) electrons. The summed E-state index contributed by atoms with van der Waals surface area (Å²) >= 11 is 1.52. The van der Waals surface area contributed by atoms with E-state index < -0.39 is 18.1 Å². The fourth-order valence-corrected chi connectivity index (χ4v) is 5.30. The number of rotatable bonds is 14. The van der Waals surface area contributed by atoms with E-state index >= 15 is 0 Å². The van der Waals surface area contributed by atoms with Gasteiger partial charge in [-0.25, -0.2) is 9.59 Å². The number of hydrogen-bond acceptors (Lipinski definition) is 4. The van der Waals surface area contributed by atoms with Gasteiger partial charge >= 0.3 is 12.1 Å². The van der Waals surface area contributed by atoms with Crippen LogP contribution in [0, 0.1) is 17.8 Å². The van der Waals surface area contributed by atoms with Gasteiger partial charge in [-0.2, -0.15) is 11.8 Å². The number of carbonyl (C=O) groups excluding carboxylic acids is 1. The summed E-state index contributed by atoms with van der Waals surface area (Å²) in [5, 5.41) is 12.1. The highest BCUT2D eigenvalue weighted by molar-refractivity contribution is 7.99. The summed E-state index contributed by atoms with van der Waals surface area (Å²) in [4.78, 5) is 24.1. The van der Waals surface area contributed by atoms with Gasteiger partial charge in [0.05, 0.1) is 0 Å². The van der Waals surface area contributed by atoms with E-state index in [9.17, 15) is 14.7 Å². The van der Waals surface area contributed by atoms with Crippen LogP contribution in [0.3, 0.4) is 0 Å². The zero-order chi connectivity index (χ0) is 26.4. The SMILES string of the molecule is CC(C)=CCCC(C)=CCCC(C)=CCSCC(NC(=O)OC1CC(C(C)C)CCC1C)C(=O)O. The Labute approximate surface area is 218 Å². The Kier molecular flexibility index (Phi) is 15.1. The standard InChI is InChI=1S/C29H49NO4S/c1-20(2)10-8-11-22(5)12-9-13-23(6)16-17-35-19-26(28(31)32)30-29(33)34-27-18-25(21(3)4)15-14-24(27)7/h10,12,16,21,24-27H,8-9,11,13-15,17-19H2,1-7H3,(H,30,33)(H,31,32). The first-order valence-electron chi connectivity index (χ1n) is 13.2. The van der Waals surface area contributed by atoms with Crippen molar-refractivity contribution in [3.8, 4) is 0 Å². The molecular formula is C29H49NO4S. The van der Waals surface area contributed by atoms with Gasteiger partial charge in [-0.1, -0.05) is 55.7 Å². The molecule has 1 fully saturated rings. The highest BCUT2D eigenvalue weighted by atomic mass is 32.2. The van der Waals surface area contributed by atoms with Gasteiger partial charge in [0.1, 0.15) is 12.1 Å². The minimum atomic E-state index is -1.03. The molecule has 0 bridgehead atoms. The van der Waals surface area contributed by atoms with Gasteiger partial charge in [0, 0.05) is 11.5 Å². The van der Waals surface area contributed by atoms with Crippen molar-refractivity contribution < 1.29 is 19.4 Å². The molecule has 1 aliphatic carbocycles. The predicted molar refractivity (Wildman–Crippen MR) is 149 cm³/mol. The fourth-order valence-electron chi connectivity index (χ4n) is 4.30. The molecule has 0 aromatic heterocycles. The van der Waals surface area contributed by atoms with E-state index in [1.54, 1.807) is 0 Å². The monoisotopic (exact) mass is 507 g/mol. The summed E-state index contributed by atoms with van der Waals surface area (Å²) in [5.74, 6) is 1.42. The van der Waals surface area contributed by atoms with Crippen molar-refractivity contribution in [3.63, 3.8) is 0 Å². The number of aliphatic carboxylic acids is 1. The molecule has 0 aliphatic heterocycles. The minimum Gasteiger partial charge on any atom is -0.480 e. The zero-order valence-electron chi connectivity index (χ0n) is 23.1. The molecule has 0 saturated heterocycles. The predicted octanol–water partition coefficient (Wildman–Crippen LogP) is 7.78. The Morgan fingerprint density at radius 3 is 2.26 bits per heavy atom. The second-order valence-electron chi connectivity index (χ2n) is 10.8. The number of alkyl carbamates (subject to hydrolysis) is 1. The third-order valence-corrected chi connectivity index (χ3v) is 7.88. The van der Waals surface area contributed by atoms with E-state index in [-0.39, 0.29) is 6.10 Å². The second kappa shape index (κ2) is 16.9. The molecule has 35 heavy (non-hydrogen) atoms. The van der Waals surface area contributed by atoms with Gasteiger partial charge in [-0.15, -0.1) is 0 Å². The lowest BCUT2D eigenvalue weighted by molar-refractivity contribution is -0.138. The Hall–Kier alpha value is -1.69. The fraction of sp³-hybridized carbons (Fsp3) is 0.724. The molecule has 1 saturated carbocycles. The van der Waals surface area contributed by atoms with Gasteiger partial charge in [0.2, 0.25) is 0 Å². The van der Waals surface area contributed by atoms with Gasteiger partial charge < -0.3 is 15.2 Å². The van der Waals surface area contributed by atoms with E-state index in [1.807, 2.05) is 0 Å². The third kappa shape index (κ3) is 13.8. The van der Waals surface area contributed by atoms with E-state index in [1.165, 1.54) is 28.5 Å². The summed E-state index contributed by atoms with van der Waals surface area (Å²) in [6, 6.07) is -0.951. The molecule has 5 nitrogen and oxygen atoms in total. The number of ether oxygens (including phenoxy) is 1. The van der Waals surface area contributed by atoms with Gasteiger partial charge in [-0.3, -0.25) is 0 Å². The van der Waals surface area contributed by atoms with Crippen LogP contribution in [0.15, 0.2) is 34.9 Å². The second-order valence-corrected chi connectivity index (χ2v) is 11.8. The summed E-state index contributed by atoms with van der Waals surface area (Å²) in [6.07, 6.45) is 13.3. The van der Waals surface area contributed by atoms with Gasteiger partial charge in [-0.05, 0) is 90.4 Å². The average molecular weight is 508 g/mol. The largest absolute Gasteiger partial charge is 0.480 e. The van der Waals surface area contributed by atoms with Crippen LogP contribution in [0.25, 0.3) is 0 Å². The van der Waals surface area contributed by atoms with Crippen LogP contribution in [0.4, 0.5) is 4.79 Å². The first-order chi connectivity index (χ1) is 16.5. The maximum absolute atomic E-state index is 12.4. The van der Waals surface area contributed by atoms with Crippen LogP contribution >= 0.6 is 11.8 Å². The molecular weight excluding hydrogens is 458 g/mol. The molecule has 1 rings (SSSR count). The van der Waals surface area contributed by atoms with Crippen molar-refractivity contribution in [2.45, 2.75) is 106 Å². The smallest absolute Gasteiger partial charge is 0.408 e. The lowest BCUT2D eigenvalue weighted by atomic mass is 9.76. The van der Waals surface area contributed by atoms with Gasteiger partial charge in [0.25, 0.3) is 0 Å². The normalized spacial score (nSPS) is 22.0. The Balaban J connectivity index is 2.39. The van der Waals surface area contributed by atoms with Crippen LogP contribution in [-0.2, 0) is 9.53 Å². The number of allylic oxidation sites excluding steroid dienone is 5. The van der Waals surface area contributed by atoms with Crippen molar-refractivity contribution in [1.82, 2.24) is 5.32 Å². The molecule has 2 N–H and O–H groups in total. The van der Waals surface area contributed by atoms with E-state index in [4.69, 9.17) is 4.74 Å². The van der Waals surface area contributed by atoms with Crippen LogP contribution in [-0.4, -0.2) is 40.8 Å². The third-order valence-electron chi connectivity index (χ3n) is 6.91. The molecule has 0 spiro atoms. The van der Waals surface area contributed by atoms with Gasteiger partial charge in [0.15, 0.2) is 0 Å². The first-order valence-corrected chi connectivity index (χ1v) is 14.4. The summed E-state index contributed by atoms with van der Waals surface area (Å²) in [7, 11) is 0. The number of amides is 1. The first kappa shape index (κ1) is 31.3. The van der Waals surface area contributed by atoms with Crippen LogP contribution < -0.4 is 5.32 Å². The quantitative estimate of drug-likeness (QED) is 0.185. The molecule has 200 valence electrons. The number of carboxylic acid groups (broad SMARTS) is 1. The molecule has 4 unspecified atom stereocenters. The lowest BCUT2D eigenvalue weighted by Crippen LogP contribution is -2.45. The molecule has 0 aromatic rings. The molecule has 1 amide bonds. The van der Waals surface area contributed by atoms with Crippen LogP contribution in [0.1, 0.15) is 93.4 Å². The number of nitrogens with one attached hydrogen (secondary N) is 1. The summed E-state index contributed by atoms with van der Waals surface area (Å²) in [6.45, 7) is 15.1. The summed E-state index contributed by atoms with van der Waals surface area (Å²) < 4.78 is 5.67. The van der Waals surface area contributed by atoms with E-state index in [0.29, 0.717) is 23.5 Å². The molecule has 6 heteroatoms. The summed E-state index contributed by atoms with van der Waals surface area (Å²) in [5.41, 5.74) is 4.09. The van der Waals surface area contributed by atoms with Crippen molar-refractivity contribution in [3.05, 3.63) is 34.9 Å². The Morgan fingerprint density at radius 1 is 1.03 bits per heavy atom. The van der Waals surface area contributed by atoms with Crippen molar-refractivity contribution in [2.75, 3.05) is 11.5 Å². The number of hydrogen-bond donors (Lipinski definition) is 2. The van der Waals surface area contributed by atoms with E-state index in [0.717, 1.165) is 50.7 Å². The Bertz CT molecular complexity index is 752. The number of thioether (sulfide) groups is 1. The lowest BCUT2D eigenvalue weighted by Gasteiger charge is -2.35. The topological polar surface area (TPSA) is 75.6 Å². The number of carboxylic acids is 1. The van der Waals surface area contributed by atoms with Crippen molar-refractivity contribution in [2.24, 2.45) is 17.8 Å². The zero-order valence-corrected chi connectivity index (χ0v) is 23.9. The highest BCUT2D eigenvalue weighted by Crippen LogP contribution is 2.35. The minimum absolute atomic E-state index is 0.145. The highest BCUT2D eigenvalue weighted by Gasteiger charge is 2.32. The maximum Gasteiger partial charge on any atom is 0.408 e. The maximum atomic E-state index is 12.4. The molecule has 1 aliphatic rings. The van der Waals surface area contributed by atoms with E-state index in [2.05, 4.69) is 72.0 Å². The molecule has 4 atom stereocenters. The molecule has 0 heterocycles.